The van der Waals surface area contributed by atoms with E-state index in [9.17, 15) is 22.8 Å². The Morgan fingerprint density at radius 2 is 1.82 bits per heavy atom. The third-order valence-corrected chi connectivity index (χ3v) is 6.09. The highest BCUT2D eigenvalue weighted by atomic mass is 32.2. The molecule has 1 aromatic heterocycles. The number of hydrogen-bond donors (Lipinski definition) is 1. The number of nitrogens with zero attached hydrogens (tertiary/aromatic N) is 3. The summed E-state index contributed by atoms with van der Waals surface area (Å²) in [6.07, 6.45) is -1.84. The number of halogens is 3. The van der Waals surface area contributed by atoms with E-state index < -0.39 is 18.6 Å². The van der Waals surface area contributed by atoms with Crippen molar-refractivity contribution in [3.63, 3.8) is 0 Å². The normalized spacial score (nSPS) is 14.0. The van der Waals surface area contributed by atoms with Crippen molar-refractivity contribution in [3.05, 3.63) is 60.8 Å². The first-order chi connectivity index (χ1) is 15.8. The predicted octanol–water partition coefficient (Wildman–Crippen LogP) is 4.97. The number of rotatable bonds is 7. The second-order valence-corrected chi connectivity index (χ2v) is 8.44. The molecule has 0 aliphatic carbocycles. The Balaban J connectivity index is 1.49. The predicted molar refractivity (Wildman–Crippen MR) is 121 cm³/mol. The van der Waals surface area contributed by atoms with Crippen molar-refractivity contribution < 1.29 is 22.8 Å². The van der Waals surface area contributed by atoms with E-state index in [4.69, 9.17) is 0 Å². The van der Waals surface area contributed by atoms with Crippen LogP contribution in [0.2, 0.25) is 0 Å². The van der Waals surface area contributed by atoms with E-state index >= 15 is 0 Å². The minimum Gasteiger partial charge on any atom is -0.324 e. The number of para-hydroxylation sites is 2. The number of aromatic nitrogens is 2. The molecule has 1 fully saturated rings. The summed E-state index contributed by atoms with van der Waals surface area (Å²) in [5.41, 5.74) is 2.04. The summed E-state index contributed by atoms with van der Waals surface area (Å²) >= 11 is 0.929. The van der Waals surface area contributed by atoms with E-state index in [1.807, 2.05) is 0 Å². The Morgan fingerprint density at radius 3 is 2.52 bits per heavy atom. The van der Waals surface area contributed by atoms with E-state index in [0.717, 1.165) is 22.7 Å². The number of anilines is 2. The van der Waals surface area contributed by atoms with Gasteiger partial charge >= 0.3 is 6.18 Å². The van der Waals surface area contributed by atoms with Crippen molar-refractivity contribution in [3.8, 4) is 11.3 Å². The van der Waals surface area contributed by atoms with Gasteiger partial charge in [0.25, 0.3) is 0 Å². The van der Waals surface area contributed by atoms with Crippen LogP contribution in [0.15, 0.2) is 66.0 Å². The number of hydrogen-bond acceptors (Lipinski definition) is 4. The first-order valence-electron chi connectivity index (χ1n) is 10.3. The van der Waals surface area contributed by atoms with Gasteiger partial charge in [0.2, 0.25) is 11.8 Å². The summed E-state index contributed by atoms with van der Waals surface area (Å²) in [5.74, 6) is -0.540. The molecule has 33 heavy (non-hydrogen) atoms. The summed E-state index contributed by atoms with van der Waals surface area (Å²) in [4.78, 5) is 30.5. The molecule has 0 atom stereocenters. The maximum absolute atomic E-state index is 13.2. The van der Waals surface area contributed by atoms with E-state index in [1.165, 1.54) is 6.20 Å². The molecule has 0 unspecified atom stereocenters. The van der Waals surface area contributed by atoms with Gasteiger partial charge in [-0.2, -0.15) is 13.2 Å². The van der Waals surface area contributed by atoms with Crippen LogP contribution in [-0.2, 0) is 16.1 Å². The van der Waals surface area contributed by atoms with Gasteiger partial charge < -0.3 is 14.8 Å². The van der Waals surface area contributed by atoms with Crippen LogP contribution in [0.4, 0.5) is 24.5 Å². The van der Waals surface area contributed by atoms with Crippen LogP contribution in [0.25, 0.3) is 11.3 Å². The van der Waals surface area contributed by atoms with Crippen molar-refractivity contribution in [1.82, 2.24) is 9.55 Å². The van der Waals surface area contributed by atoms with Gasteiger partial charge in [0.05, 0.1) is 29.0 Å². The number of benzene rings is 2. The zero-order valence-corrected chi connectivity index (χ0v) is 18.3. The molecule has 1 saturated heterocycles. The first-order valence-corrected chi connectivity index (χ1v) is 11.3. The van der Waals surface area contributed by atoms with Crippen LogP contribution in [0.5, 0.6) is 0 Å². The summed E-state index contributed by atoms with van der Waals surface area (Å²) in [6.45, 7) is -0.626. The lowest BCUT2D eigenvalue weighted by atomic mass is 10.2. The average molecular weight is 475 g/mol. The van der Waals surface area contributed by atoms with Crippen molar-refractivity contribution in [2.75, 3.05) is 22.5 Å². The van der Waals surface area contributed by atoms with Crippen molar-refractivity contribution in [1.29, 1.82) is 0 Å². The van der Waals surface area contributed by atoms with E-state index in [0.29, 0.717) is 35.6 Å². The van der Waals surface area contributed by atoms with Gasteiger partial charge in [-0.25, -0.2) is 4.98 Å². The molecule has 2 heterocycles. The molecule has 172 valence electrons. The number of thioether (sulfide) groups is 1. The molecule has 3 aromatic rings. The first kappa shape index (κ1) is 22.9. The summed E-state index contributed by atoms with van der Waals surface area (Å²) in [7, 11) is 0. The van der Waals surface area contributed by atoms with E-state index in [1.54, 1.807) is 59.5 Å². The molecule has 1 N–H and O–H groups in total. The number of carbonyl (C=O) groups is 2. The van der Waals surface area contributed by atoms with Crippen LogP contribution in [0.1, 0.15) is 12.8 Å². The molecule has 4 rings (SSSR count). The fourth-order valence-electron chi connectivity index (χ4n) is 3.68. The molecule has 0 radical (unpaired) electrons. The summed E-state index contributed by atoms with van der Waals surface area (Å²) < 4.78 is 40.8. The quantitative estimate of drug-likeness (QED) is 0.491. The lowest BCUT2D eigenvalue weighted by Crippen LogP contribution is -2.26. The highest BCUT2D eigenvalue weighted by Crippen LogP contribution is 2.32. The van der Waals surface area contributed by atoms with Crippen molar-refractivity contribution in [2.45, 2.75) is 30.7 Å². The Hall–Kier alpha value is -3.27. The smallest absolute Gasteiger partial charge is 0.324 e. The second-order valence-electron chi connectivity index (χ2n) is 7.50. The molecule has 1 aliphatic heterocycles. The third kappa shape index (κ3) is 5.57. The number of amides is 2. The monoisotopic (exact) mass is 474 g/mol. The molecule has 0 bridgehead atoms. The van der Waals surface area contributed by atoms with Gasteiger partial charge in [0.1, 0.15) is 6.54 Å². The number of imidazole rings is 1. The Morgan fingerprint density at radius 1 is 1.09 bits per heavy atom. The van der Waals surface area contributed by atoms with Gasteiger partial charge in [-0.1, -0.05) is 54.2 Å². The minimum absolute atomic E-state index is 0.00584. The van der Waals surface area contributed by atoms with Crippen LogP contribution in [0, 0.1) is 0 Å². The molecule has 0 spiro atoms. The summed E-state index contributed by atoms with van der Waals surface area (Å²) in [6, 6.07) is 15.7. The van der Waals surface area contributed by atoms with Gasteiger partial charge in [-0.15, -0.1) is 0 Å². The SMILES string of the molecule is O=C(CSc1ncc(-c2ccccc2)n1CC(F)(F)F)Nc1ccccc1N1CCCC1=O. The number of nitrogens with one attached hydrogen (secondary N) is 1. The summed E-state index contributed by atoms with van der Waals surface area (Å²) in [5, 5.41) is 2.87. The third-order valence-electron chi connectivity index (χ3n) is 5.10. The molecule has 1 aliphatic rings. The van der Waals surface area contributed by atoms with Crippen LogP contribution < -0.4 is 10.2 Å². The molecule has 0 saturated carbocycles. The van der Waals surface area contributed by atoms with E-state index in [2.05, 4.69) is 10.3 Å². The average Bonchev–Trinajstić information content (AvgIpc) is 3.38. The largest absolute Gasteiger partial charge is 0.406 e. The van der Waals surface area contributed by atoms with E-state index in [-0.39, 0.29) is 16.8 Å². The van der Waals surface area contributed by atoms with Gasteiger partial charge in [0, 0.05) is 13.0 Å². The number of carbonyl (C=O) groups excluding carboxylic acids is 2. The molecule has 2 aromatic carbocycles. The Kier molecular flexibility index (Phi) is 6.73. The zero-order valence-electron chi connectivity index (χ0n) is 17.5. The molecule has 6 nitrogen and oxygen atoms in total. The van der Waals surface area contributed by atoms with Gasteiger partial charge in [0.15, 0.2) is 5.16 Å². The highest BCUT2D eigenvalue weighted by Gasteiger charge is 2.31. The fraction of sp³-hybridized carbons (Fsp3) is 0.261. The van der Waals surface area contributed by atoms with Gasteiger partial charge in [-0.05, 0) is 24.1 Å². The maximum Gasteiger partial charge on any atom is 0.406 e. The van der Waals surface area contributed by atoms with Gasteiger partial charge in [-0.3, -0.25) is 9.59 Å². The van der Waals surface area contributed by atoms with Crippen molar-refractivity contribution in [2.24, 2.45) is 0 Å². The minimum atomic E-state index is -4.44. The highest BCUT2D eigenvalue weighted by molar-refractivity contribution is 7.99. The Labute approximate surface area is 192 Å². The molecule has 10 heteroatoms. The Bertz CT molecular complexity index is 1150. The standard InChI is InChI=1S/C23H21F3N4O2S/c24-23(25,26)15-30-19(16-7-2-1-3-8-16)13-27-22(30)33-14-20(31)28-17-9-4-5-10-18(17)29-12-6-11-21(29)32/h1-5,7-10,13H,6,11-12,14-15H2,(H,28,31). The topological polar surface area (TPSA) is 67.2 Å². The number of alkyl halides is 3. The second kappa shape index (κ2) is 9.70. The van der Waals surface area contributed by atoms with Crippen LogP contribution >= 0.6 is 11.8 Å². The fourth-order valence-corrected chi connectivity index (χ4v) is 4.46. The lowest BCUT2D eigenvalue weighted by Gasteiger charge is -2.20. The van der Waals surface area contributed by atoms with Crippen LogP contribution in [0.3, 0.4) is 0 Å². The lowest BCUT2D eigenvalue weighted by molar-refractivity contribution is -0.141. The molecule has 2 amide bonds. The van der Waals surface area contributed by atoms with Crippen molar-refractivity contribution >= 4 is 35.0 Å². The van der Waals surface area contributed by atoms with Crippen LogP contribution in [-0.4, -0.2) is 39.8 Å². The molecular weight excluding hydrogens is 453 g/mol. The zero-order chi connectivity index (χ0) is 23.4. The molecular formula is C23H21F3N4O2S. The maximum atomic E-state index is 13.2.